The van der Waals surface area contributed by atoms with E-state index in [1.807, 2.05) is 0 Å². The minimum atomic E-state index is 0. The summed E-state index contributed by atoms with van der Waals surface area (Å²) in [5.74, 6) is 0. The van der Waals surface area contributed by atoms with E-state index in [1.54, 1.807) is 0 Å². The maximum atomic E-state index is 5.29. The Morgan fingerprint density at radius 3 is 1.26 bits per heavy atom. The van der Waals surface area contributed by atoms with Crippen molar-refractivity contribution in [1.82, 2.24) is 5.06 Å². The summed E-state index contributed by atoms with van der Waals surface area (Å²) < 4.78 is 0. The summed E-state index contributed by atoms with van der Waals surface area (Å²) in [5, 5.41) is 2.10. The lowest BCUT2D eigenvalue weighted by Gasteiger charge is -2.29. The minimum absolute atomic E-state index is 0. The van der Waals surface area contributed by atoms with E-state index >= 15 is 0 Å². The van der Waals surface area contributed by atoms with Crippen LogP contribution in [-0.4, -0.2) is 30.2 Å². The second-order valence-electron chi connectivity index (χ2n) is 7.07. The average Bonchev–Trinajstić information content (AvgIpc) is 2.48. The highest BCUT2D eigenvalue weighted by Crippen LogP contribution is 2.14. The molecular weight excluding hydrogens is 286 g/mol. The van der Waals surface area contributed by atoms with Gasteiger partial charge >= 0.3 is 0 Å². The Morgan fingerprint density at radius 1 is 0.609 bits per heavy atom. The van der Waals surface area contributed by atoms with E-state index in [2.05, 4.69) is 12.0 Å². The first-order valence-corrected chi connectivity index (χ1v) is 10.3. The van der Waals surface area contributed by atoms with Gasteiger partial charge in [-0.3, -0.25) is 4.84 Å². The standard InChI is InChI=1S/C20H41NO.H2O/c1-2-3-4-5-6-7-8-9-10-11-12-13-14-15-16-17-18-21-19-20-22-21;/h2-20H2,1H3;1H2. The van der Waals surface area contributed by atoms with E-state index in [0.717, 1.165) is 19.7 Å². The molecule has 1 saturated heterocycles. The molecule has 0 unspecified atom stereocenters. The Hall–Kier alpha value is -0.120. The third kappa shape index (κ3) is 15.2. The lowest BCUT2D eigenvalue weighted by molar-refractivity contribution is -0.246. The molecule has 1 fully saturated rings. The molecular formula is C20H43NO2. The maximum Gasteiger partial charge on any atom is 0.0835 e. The molecule has 0 amide bonds. The van der Waals surface area contributed by atoms with Crippen LogP contribution in [0, 0.1) is 0 Å². The van der Waals surface area contributed by atoms with Gasteiger partial charge in [-0.2, -0.15) is 5.06 Å². The van der Waals surface area contributed by atoms with E-state index in [9.17, 15) is 0 Å². The van der Waals surface area contributed by atoms with E-state index < -0.39 is 0 Å². The predicted molar refractivity (Wildman–Crippen MR) is 101 cm³/mol. The molecule has 0 aromatic rings. The monoisotopic (exact) mass is 329 g/mol. The molecule has 0 atom stereocenters. The van der Waals surface area contributed by atoms with Gasteiger partial charge < -0.3 is 5.48 Å². The maximum absolute atomic E-state index is 5.29. The molecule has 2 N–H and O–H groups in total. The first-order chi connectivity index (χ1) is 10.9. The number of hydroxylamine groups is 2. The molecule has 1 aliphatic rings. The number of hydrogen-bond donors (Lipinski definition) is 0. The van der Waals surface area contributed by atoms with Gasteiger partial charge in [0.2, 0.25) is 0 Å². The van der Waals surface area contributed by atoms with Crippen molar-refractivity contribution in [3.8, 4) is 0 Å². The zero-order valence-corrected chi connectivity index (χ0v) is 15.8. The summed E-state index contributed by atoms with van der Waals surface area (Å²) in [6, 6.07) is 0. The lowest BCUT2D eigenvalue weighted by atomic mass is 10.0. The SMILES string of the molecule is CCCCCCCCCCCCCCCCCCN1CCO1.O. The van der Waals surface area contributed by atoms with Crippen molar-refractivity contribution in [3.05, 3.63) is 0 Å². The van der Waals surface area contributed by atoms with E-state index in [1.165, 1.54) is 103 Å². The highest BCUT2D eigenvalue weighted by atomic mass is 16.7. The summed E-state index contributed by atoms with van der Waals surface area (Å²) in [5.41, 5.74) is 0. The molecule has 3 nitrogen and oxygen atoms in total. The second-order valence-corrected chi connectivity index (χ2v) is 7.07. The van der Waals surface area contributed by atoms with Crippen LogP contribution in [0.1, 0.15) is 110 Å². The molecule has 1 heterocycles. The van der Waals surface area contributed by atoms with E-state index in [0.29, 0.717) is 0 Å². The molecule has 23 heavy (non-hydrogen) atoms. The van der Waals surface area contributed by atoms with Crippen molar-refractivity contribution < 1.29 is 10.3 Å². The summed E-state index contributed by atoms with van der Waals surface area (Å²) in [6.07, 6.45) is 23.1. The highest BCUT2D eigenvalue weighted by Gasteiger charge is 2.12. The minimum Gasteiger partial charge on any atom is -0.412 e. The smallest absolute Gasteiger partial charge is 0.0835 e. The summed E-state index contributed by atoms with van der Waals surface area (Å²) in [4.78, 5) is 5.29. The van der Waals surface area contributed by atoms with Crippen LogP contribution >= 0.6 is 0 Å². The second kappa shape index (κ2) is 18.2. The summed E-state index contributed by atoms with van der Waals surface area (Å²) >= 11 is 0. The third-order valence-electron chi connectivity index (χ3n) is 4.88. The number of unbranched alkanes of at least 4 members (excludes halogenated alkanes) is 15. The summed E-state index contributed by atoms with van der Waals surface area (Å²) in [6.45, 7) is 5.54. The van der Waals surface area contributed by atoms with Crippen molar-refractivity contribution in [3.63, 3.8) is 0 Å². The zero-order chi connectivity index (χ0) is 15.7. The normalized spacial score (nSPS) is 14.5. The molecule has 0 aromatic heterocycles. The zero-order valence-electron chi connectivity index (χ0n) is 15.8. The van der Waals surface area contributed by atoms with Crippen LogP contribution < -0.4 is 0 Å². The van der Waals surface area contributed by atoms with Crippen LogP contribution in [0.2, 0.25) is 0 Å². The number of hydrogen-bond acceptors (Lipinski definition) is 2. The molecule has 1 rings (SSSR count). The fourth-order valence-corrected chi connectivity index (χ4v) is 3.23. The van der Waals surface area contributed by atoms with Crippen LogP contribution in [-0.2, 0) is 4.84 Å². The van der Waals surface area contributed by atoms with Crippen molar-refractivity contribution in [2.24, 2.45) is 0 Å². The molecule has 0 bridgehead atoms. The van der Waals surface area contributed by atoms with Gasteiger partial charge in [-0.05, 0) is 6.42 Å². The van der Waals surface area contributed by atoms with Crippen molar-refractivity contribution in [2.45, 2.75) is 110 Å². The Balaban J connectivity index is 0.00000484. The number of nitrogens with zero attached hydrogens (tertiary/aromatic N) is 1. The van der Waals surface area contributed by atoms with Crippen LogP contribution in [0.15, 0.2) is 0 Å². The van der Waals surface area contributed by atoms with Gasteiger partial charge in [-0.1, -0.05) is 103 Å². The van der Waals surface area contributed by atoms with E-state index in [4.69, 9.17) is 4.84 Å². The van der Waals surface area contributed by atoms with Crippen LogP contribution in [0.5, 0.6) is 0 Å². The third-order valence-corrected chi connectivity index (χ3v) is 4.88. The molecule has 1 aliphatic heterocycles. The molecule has 0 aromatic carbocycles. The van der Waals surface area contributed by atoms with Gasteiger partial charge in [0.05, 0.1) is 6.61 Å². The lowest BCUT2D eigenvalue weighted by Crippen LogP contribution is -2.39. The Kier molecular flexibility index (Phi) is 18.1. The first-order valence-electron chi connectivity index (χ1n) is 10.3. The van der Waals surface area contributed by atoms with Crippen LogP contribution in [0.3, 0.4) is 0 Å². The summed E-state index contributed by atoms with van der Waals surface area (Å²) in [7, 11) is 0. The van der Waals surface area contributed by atoms with Crippen molar-refractivity contribution in [2.75, 3.05) is 19.7 Å². The molecule has 0 saturated carbocycles. The Morgan fingerprint density at radius 2 is 0.957 bits per heavy atom. The van der Waals surface area contributed by atoms with Crippen molar-refractivity contribution in [1.29, 1.82) is 0 Å². The molecule has 140 valence electrons. The highest BCUT2D eigenvalue weighted by molar-refractivity contribution is 4.55. The van der Waals surface area contributed by atoms with Crippen LogP contribution in [0.25, 0.3) is 0 Å². The molecule has 0 aliphatic carbocycles. The van der Waals surface area contributed by atoms with Gasteiger partial charge in [0.1, 0.15) is 0 Å². The topological polar surface area (TPSA) is 44.0 Å². The predicted octanol–water partition coefficient (Wildman–Crippen LogP) is 5.67. The average molecular weight is 330 g/mol. The van der Waals surface area contributed by atoms with Gasteiger partial charge in [0, 0.05) is 13.1 Å². The van der Waals surface area contributed by atoms with Gasteiger partial charge in [-0.15, -0.1) is 0 Å². The van der Waals surface area contributed by atoms with Gasteiger partial charge in [0.25, 0.3) is 0 Å². The molecule has 0 spiro atoms. The Labute approximate surface area is 145 Å². The van der Waals surface area contributed by atoms with Crippen LogP contribution in [0.4, 0.5) is 0 Å². The van der Waals surface area contributed by atoms with Gasteiger partial charge in [-0.25, -0.2) is 0 Å². The Bertz CT molecular complexity index is 220. The van der Waals surface area contributed by atoms with Crippen molar-refractivity contribution >= 4 is 0 Å². The number of rotatable bonds is 17. The first kappa shape index (κ1) is 22.9. The molecule has 0 radical (unpaired) electrons. The molecule has 3 heteroatoms. The fourth-order valence-electron chi connectivity index (χ4n) is 3.23. The van der Waals surface area contributed by atoms with E-state index in [-0.39, 0.29) is 5.48 Å². The fraction of sp³-hybridized carbons (Fsp3) is 1.00. The van der Waals surface area contributed by atoms with Gasteiger partial charge in [0.15, 0.2) is 0 Å². The largest absolute Gasteiger partial charge is 0.412 e. The quantitative estimate of drug-likeness (QED) is 0.323.